The third kappa shape index (κ3) is 4.26. The lowest BCUT2D eigenvalue weighted by atomic mass is 10.0. The van der Waals surface area contributed by atoms with Crippen LogP contribution in [-0.2, 0) is 20.7 Å². The van der Waals surface area contributed by atoms with Crippen LogP contribution in [0.3, 0.4) is 0 Å². The number of amides is 1. The first-order valence-electron chi connectivity index (χ1n) is 9.96. The van der Waals surface area contributed by atoms with E-state index in [2.05, 4.69) is 22.1 Å². The second kappa shape index (κ2) is 7.08. The van der Waals surface area contributed by atoms with Gasteiger partial charge >= 0.3 is 5.97 Å². The molecule has 0 atom stereocenters. The fourth-order valence-corrected chi connectivity index (χ4v) is 3.58. The second-order valence-electron chi connectivity index (χ2n) is 8.77. The number of pyridine rings is 1. The summed E-state index contributed by atoms with van der Waals surface area (Å²) in [4.78, 5) is 34.0. The minimum atomic E-state index is -0.488. The minimum absolute atomic E-state index is 0.210. The maximum Gasteiger partial charge on any atom is 0.310 e. The third-order valence-corrected chi connectivity index (χ3v) is 5.09. The number of esters is 1. The average Bonchev–Trinajstić information content (AvgIpc) is 3.39. The number of nitrogens with zero attached hydrogens (tertiary/aromatic N) is 2. The van der Waals surface area contributed by atoms with Crippen molar-refractivity contribution in [1.29, 1.82) is 0 Å². The molecule has 1 aliphatic carbocycles. The molecule has 1 amide bonds. The Morgan fingerprint density at radius 3 is 2.71 bits per heavy atom. The van der Waals surface area contributed by atoms with Crippen LogP contribution in [-0.4, -0.2) is 45.4 Å². The Labute approximate surface area is 165 Å². The van der Waals surface area contributed by atoms with Crippen molar-refractivity contribution >= 4 is 28.5 Å². The summed E-state index contributed by atoms with van der Waals surface area (Å²) in [6, 6.07) is 4.06. The number of aromatic amines is 1. The number of nitrogens with one attached hydrogen (secondary N) is 1. The second-order valence-corrected chi connectivity index (χ2v) is 8.77. The van der Waals surface area contributed by atoms with E-state index >= 15 is 0 Å². The summed E-state index contributed by atoms with van der Waals surface area (Å²) >= 11 is 0. The molecule has 6 nitrogen and oxygen atoms in total. The van der Waals surface area contributed by atoms with Gasteiger partial charge in [-0.05, 0) is 63.3 Å². The molecule has 3 heterocycles. The summed E-state index contributed by atoms with van der Waals surface area (Å²) in [6.45, 7) is 7.04. The number of rotatable bonds is 4. The van der Waals surface area contributed by atoms with Gasteiger partial charge in [-0.2, -0.15) is 0 Å². The molecule has 2 aromatic heterocycles. The standard InChI is InChI=1S/C22H27N3O3/c1-22(2,3)28-19(26)11-14-10-17-12-18(24-20(17)23-13-14)15-6-8-25(9-7-15)21(27)16-4-5-16/h6,10,12-13,16H,4-5,7-9,11H2,1-3H3,(H,23,24). The smallest absolute Gasteiger partial charge is 0.310 e. The van der Waals surface area contributed by atoms with Gasteiger partial charge in [-0.15, -0.1) is 0 Å². The highest BCUT2D eigenvalue weighted by molar-refractivity contribution is 5.85. The van der Waals surface area contributed by atoms with Gasteiger partial charge in [-0.1, -0.05) is 6.08 Å². The van der Waals surface area contributed by atoms with Crippen molar-refractivity contribution in [3.8, 4) is 0 Å². The molecule has 2 aromatic rings. The molecule has 148 valence electrons. The lowest BCUT2D eigenvalue weighted by Gasteiger charge is -2.26. The molecule has 28 heavy (non-hydrogen) atoms. The Hall–Kier alpha value is -2.63. The fraction of sp³-hybridized carbons (Fsp3) is 0.500. The Morgan fingerprint density at radius 2 is 2.07 bits per heavy atom. The van der Waals surface area contributed by atoms with Gasteiger partial charge in [0.1, 0.15) is 11.2 Å². The molecule has 0 aromatic carbocycles. The summed E-state index contributed by atoms with van der Waals surface area (Å²) in [6.07, 6.45) is 7.00. The van der Waals surface area contributed by atoms with Gasteiger partial charge in [0.25, 0.3) is 0 Å². The van der Waals surface area contributed by atoms with Crippen LogP contribution in [0.2, 0.25) is 0 Å². The van der Waals surface area contributed by atoms with E-state index in [1.165, 1.54) is 5.57 Å². The molecule has 0 unspecified atom stereocenters. The van der Waals surface area contributed by atoms with Crippen LogP contribution in [0.25, 0.3) is 16.6 Å². The van der Waals surface area contributed by atoms with E-state index in [9.17, 15) is 9.59 Å². The average molecular weight is 381 g/mol. The number of H-pyrrole nitrogens is 1. The Bertz CT molecular complexity index is 948. The molecule has 0 spiro atoms. The molecule has 2 aliphatic rings. The molecule has 1 N–H and O–H groups in total. The quantitative estimate of drug-likeness (QED) is 0.823. The predicted octanol–water partition coefficient (Wildman–Crippen LogP) is 3.47. The third-order valence-electron chi connectivity index (χ3n) is 5.09. The van der Waals surface area contributed by atoms with Crippen molar-refractivity contribution in [2.24, 2.45) is 5.92 Å². The van der Waals surface area contributed by atoms with E-state index in [0.29, 0.717) is 12.5 Å². The van der Waals surface area contributed by atoms with Crippen LogP contribution in [0.15, 0.2) is 24.4 Å². The first kappa shape index (κ1) is 18.7. The van der Waals surface area contributed by atoms with E-state index in [-0.39, 0.29) is 18.3 Å². The molecule has 0 saturated heterocycles. The van der Waals surface area contributed by atoms with E-state index < -0.39 is 5.60 Å². The van der Waals surface area contributed by atoms with Crippen LogP contribution in [0.5, 0.6) is 0 Å². The number of ether oxygens (including phenoxy) is 1. The first-order valence-corrected chi connectivity index (χ1v) is 9.96. The molecular formula is C22H27N3O3. The number of carbonyl (C=O) groups excluding carboxylic acids is 2. The first-order chi connectivity index (χ1) is 13.3. The highest BCUT2D eigenvalue weighted by Crippen LogP contribution is 2.33. The van der Waals surface area contributed by atoms with Crippen LogP contribution in [0.4, 0.5) is 0 Å². The maximum absolute atomic E-state index is 12.2. The Kier molecular flexibility index (Phi) is 4.73. The van der Waals surface area contributed by atoms with Crippen LogP contribution < -0.4 is 0 Å². The van der Waals surface area contributed by atoms with Gasteiger partial charge in [0.05, 0.1) is 6.42 Å². The van der Waals surface area contributed by atoms with Gasteiger partial charge in [0, 0.05) is 36.3 Å². The largest absolute Gasteiger partial charge is 0.460 e. The molecule has 1 fully saturated rings. The number of carbonyl (C=O) groups is 2. The van der Waals surface area contributed by atoms with E-state index in [0.717, 1.165) is 48.1 Å². The minimum Gasteiger partial charge on any atom is -0.460 e. The summed E-state index contributed by atoms with van der Waals surface area (Å²) in [5, 5.41) is 0.980. The monoisotopic (exact) mass is 381 g/mol. The lowest BCUT2D eigenvalue weighted by Crippen LogP contribution is -2.35. The number of hydrogen-bond donors (Lipinski definition) is 1. The number of aromatic nitrogens is 2. The van der Waals surface area contributed by atoms with Crippen molar-refractivity contribution in [2.45, 2.75) is 52.1 Å². The molecule has 6 heteroatoms. The van der Waals surface area contributed by atoms with Crippen LogP contribution in [0.1, 0.15) is 51.3 Å². The van der Waals surface area contributed by atoms with E-state index in [1.54, 1.807) is 6.20 Å². The summed E-state index contributed by atoms with van der Waals surface area (Å²) in [5.74, 6) is 0.329. The van der Waals surface area contributed by atoms with Gasteiger partial charge in [0.2, 0.25) is 5.91 Å². The summed E-state index contributed by atoms with van der Waals surface area (Å²) < 4.78 is 5.39. The summed E-state index contributed by atoms with van der Waals surface area (Å²) in [5.41, 5.74) is 3.41. The fourth-order valence-electron chi connectivity index (χ4n) is 3.58. The van der Waals surface area contributed by atoms with Crippen molar-refractivity contribution in [3.05, 3.63) is 35.7 Å². The zero-order valence-corrected chi connectivity index (χ0v) is 16.7. The topological polar surface area (TPSA) is 75.3 Å². The van der Waals surface area contributed by atoms with Gasteiger partial charge in [0.15, 0.2) is 0 Å². The Morgan fingerprint density at radius 1 is 1.29 bits per heavy atom. The molecular weight excluding hydrogens is 354 g/mol. The van der Waals surface area contributed by atoms with Crippen molar-refractivity contribution in [3.63, 3.8) is 0 Å². The summed E-state index contributed by atoms with van der Waals surface area (Å²) in [7, 11) is 0. The van der Waals surface area contributed by atoms with Gasteiger partial charge in [-0.25, -0.2) is 4.98 Å². The normalized spacial score (nSPS) is 17.5. The highest BCUT2D eigenvalue weighted by atomic mass is 16.6. The molecule has 1 aliphatic heterocycles. The predicted molar refractivity (Wildman–Crippen MR) is 108 cm³/mol. The van der Waals surface area contributed by atoms with Crippen molar-refractivity contribution < 1.29 is 14.3 Å². The molecule has 4 rings (SSSR count). The molecule has 0 bridgehead atoms. The van der Waals surface area contributed by atoms with Crippen LogP contribution in [0, 0.1) is 5.92 Å². The van der Waals surface area contributed by atoms with Gasteiger partial charge in [-0.3, -0.25) is 9.59 Å². The number of hydrogen-bond acceptors (Lipinski definition) is 4. The van der Waals surface area contributed by atoms with E-state index in [4.69, 9.17) is 4.74 Å². The van der Waals surface area contributed by atoms with Crippen molar-refractivity contribution in [2.75, 3.05) is 13.1 Å². The Balaban J connectivity index is 1.46. The maximum atomic E-state index is 12.2. The highest BCUT2D eigenvalue weighted by Gasteiger charge is 2.33. The van der Waals surface area contributed by atoms with Gasteiger partial charge < -0.3 is 14.6 Å². The number of fused-ring (bicyclic) bond motifs is 1. The zero-order chi connectivity index (χ0) is 19.9. The van der Waals surface area contributed by atoms with Crippen molar-refractivity contribution in [1.82, 2.24) is 14.9 Å². The van der Waals surface area contributed by atoms with E-state index in [1.807, 2.05) is 31.7 Å². The zero-order valence-electron chi connectivity index (χ0n) is 16.7. The molecule has 0 radical (unpaired) electrons. The van der Waals surface area contributed by atoms with Crippen LogP contribution >= 0.6 is 0 Å². The molecule has 1 saturated carbocycles. The lowest BCUT2D eigenvalue weighted by molar-refractivity contribution is -0.153. The SMILES string of the molecule is CC(C)(C)OC(=O)Cc1cnc2[nH]c(C3=CCN(C(=O)C4CC4)CC3)cc2c1.